The number of nitrogens with one attached hydrogen (secondary N) is 1. The van der Waals surface area contributed by atoms with Gasteiger partial charge in [0.05, 0.1) is 0 Å². The van der Waals surface area contributed by atoms with Crippen LogP contribution < -0.4 is 5.32 Å². The second-order valence-corrected chi connectivity index (χ2v) is 5.46. The number of alkyl halides is 1. The van der Waals surface area contributed by atoms with Gasteiger partial charge in [-0.25, -0.2) is 0 Å². The number of hydrogen-bond donors (Lipinski definition) is 1. The fraction of sp³-hybridized carbons (Fsp3) is 0.833. The normalized spacial score (nSPS) is 13.9. The second kappa shape index (κ2) is 6.47. The summed E-state index contributed by atoms with van der Waals surface area (Å²) < 4.78 is 0. The molecule has 1 N–H and O–H groups in total. The smallest absolute Gasteiger partial charge is 0.0238 e. The number of allylic oxidation sites excluding steroid dienone is 1. The van der Waals surface area contributed by atoms with E-state index < -0.39 is 0 Å². The monoisotopic (exact) mass is 217 g/mol. The summed E-state index contributed by atoms with van der Waals surface area (Å²) in [6, 6.07) is 0.496. The Labute approximate surface area is 93.9 Å². The van der Waals surface area contributed by atoms with Gasteiger partial charge in [-0.3, -0.25) is 0 Å². The third-order valence-electron chi connectivity index (χ3n) is 2.32. The highest BCUT2D eigenvalue weighted by molar-refractivity contribution is 6.17. The molecule has 0 aromatic rings. The average molecular weight is 218 g/mol. The molecule has 0 rings (SSSR count). The van der Waals surface area contributed by atoms with Gasteiger partial charge in [0.25, 0.3) is 0 Å². The number of halogens is 1. The molecule has 0 aliphatic heterocycles. The van der Waals surface area contributed by atoms with Crippen molar-refractivity contribution in [2.45, 2.75) is 47.1 Å². The Morgan fingerprint density at radius 3 is 2.29 bits per heavy atom. The van der Waals surface area contributed by atoms with Crippen molar-refractivity contribution in [1.82, 2.24) is 5.32 Å². The fourth-order valence-corrected chi connectivity index (χ4v) is 1.57. The van der Waals surface area contributed by atoms with Crippen molar-refractivity contribution in [1.29, 1.82) is 0 Å². The van der Waals surface area contributed by atoms with Crippen LogP contribution in [0.2, 0.25) is 0 Å². The van der Waals surface area contributed by atoms with Gasteiger partial charge in [0.15, 0.2) is 0 Å². The summed E-state index contributed by atoms with van der Waals surface area (Å²) in [6.07, 6.45) is 3.24. The molecule has 0 fully saturated rings. The molecular formula is C12H24ClN. The van der Waals surface area contributed by atoms with Crippen LogP contribution >= 0.6 is 11.6 Å². The highest BCUT2D eigenvalue weighted by Gasteiger charge is 2.22. The number of hydrogen-bond acceptors (Lipinski definition) is 1. The van der Waals surface area contributed by atoms with Crippen LogP contribution in [-0.4, -0.2) is 18.5 Å². The Morgan fingerprint density at radius 1 is 1.36 bits per heavy atom. The molecule has 0 heterocycles. The zero-order valence-electron chi connectivity index (χ0n) is 10.2. The van der Waals surface area contributed by atoms with Crippen LogP contribution in [0.3, 0.4) is 0 Å². The standard InChI is InChI=1S/C12H24ClN/c1-10(2)7-9-14-11(6-8-13)12(3,4)5/h7,11,14H,6,8-9H2,1-5H3. The van der Waals surface area contributed by atoms with Crippen molar-refractivity contribution >= 4 is 11.6 Å². The van der Waals surface area contributed by atoms with Gasteiger partial charge in [0.1, 0.15) is 0 Å². The van der Waals surface area contributed by atoms with Gasteiger partial charge >= 0.3 is 0 Å². The topological polar surface area (TPSA) is 12.0 Å². The SMILES string of the molecule is CC(C)=CCNC(CCCl)C(C)(C)C. The largest absolute Gasteiger partial charge is 0.310 e. The molecule has 0 aliphatic carbocycles. The van der Waals surface area contributed by atoms with Crippen molar-refractivity contribution in [2.75, 3.05) is 12.4 Å². The molecule has 0 amide bonds. The Hall–Kier alpha value is -0.0100. The molecule has 1 atom stereocenters. The van der Waals surface area contributed by atoms with Crippen LogP contribution in [0.4, 0.5) is 0 Å². The maximum atomic E-state index is 5.79. The maximum absolute atomic E-state index is 5.79. The molecule has 0 saturated carbocycles. The third kappa shape index (κ3) is 6.44. The lowest BCUT2D eigenvalue weighted by Crippen LogP contribution is -2.40. The van der Waals surface area contributed by atoms with Gasteiger partial charge in [-0.2, -0.15) is 0 Å². The summed E-state index contributed by atoms with van der Waals surface area (Å²) in [4.78, 5) is 0. The van der Waals surface area contributed by atoms with Crippen molar-refractivity contribution in [3.05, 3.63) is 11.6 Å². The first-order valence-corrected chi connectivity index (χ1v) is 5.84. The molecule has 0 aromatic heterocycles. The van der Waals surface area contributed by atoms with Gasteiger partial charge in [0, 0.05) is 18.5 Å². The first kappa shape index (κ1) is 14.0. The van der Waals surface area contributed by atoms with Crippen LogP contribution in [0.15, 0.2) is 11.6 Å². The molecule has 84 valence electrons. The molecule has 2 heteroatoms. The van der Waals surface area contributed by atoms with Crippen LogP contribution in [0.1, 0.15) is 41.0 Å². The summed E-state index contributed by atoms with van der Waals surface area (Å²) in [6.45, 7) is 11.9. The lowest BCUT2D eigenvalue weighted by Gasteiger charge is -2.31. The van der Waals surface area contributed by atoms with E-state index in [4.69, 9.17) is 11.6 Å². The quantitative estimate of drug-likeness (QED) is 0.548. The van der Waals surface area contributed by atoms with E-state index >= 15 is 0 Å². The van der Waals surface area contributed by atoms with Crippen molar-refractivity contribution < 1.29 is 0 Å². The Balaban J connectivity index is 4.05. The highest BCUT2D eigenvalue weighted by Crippen LogP contribution is 2.21. The van der Waals surface area contributed by atoms with Gasteiger partial charge in [0.2, 0.25) is 0 Å². The summed E-state index contributed by atoms with van der Waals surface area (Å²) in [5, 5.41) is 3.53. The second-order valence-electron chi connectivity index (χ2n) is 5.09. The van der Waals surface area contributed by atoms with E-state index in [1.807, 2.05) is 0 Å². The van der Waals surface area contributed by atoms with Crippen molar-refractivity contribution in [3.8, 4) is 0 Å². The minimum atomic E-state index is 0.282. The van der Waals surface area contributed by atoms with Crippen molar-refractivity contribution in [3.63, 3.8) is 0 Å². The minimum absolute atomic E-state index is 0.282. The van der Waals surface area contributed by atoms with Crippen LogP contribution in [0.5, 0.6) is 0 Å². The molecule has 1 unspecified atom stereocenters. The minimum Gasteiger partial charge on any atom is -0.310 e. The predicted octanol–water partition coefficient (Wildman–Crippen LogP) is 3.59. The molecule has 0 aliphatic rings. The number of rotatable bonds is 5. The summed E-state index contributed by atoms with van der Waals surface area (Å²) in [5.74, 6) is 0.726. The van der Waals surface area contributed by atoms with E-state index in [1.165, 1.54) is 5.57 Å². The summed E-state index contributed by atoms with van der Waals surface area (Å²) in [7, 11) is 0. The Kier molecular flexibility index (Phi) is 6.46. The Morgan fingerprint density at radius 2 is 1.93 bits per heavy atom. The van der Waals surface area contributed by atoms with E-state index in [9.17, 15) is 0 Å². The first-order chi connectivity index (χ1) is 6.38. The molecule has 0 saturated heterocycles. The van der Waals surface area contributed by atoms with Crippen LogP contribution in [-0.2, 0) is 0 Å². The lowest BCUT2D eigenvalue weighted by molar-refractivity contribution is 0.269. The summed E-state index contributed by atoms with van der Waals surface area (Å²) in [5.41, 5.74) is 1.64. The van der Waals surface area contributed by atoms with E-state index in [0.717, 1.165) is 18.8 Å². The lowest BCUT2D eigenvalue weighted by atomic mass is 9.85. The molecule has 14 heavy (non-hydrogen) atoms. The maximum Gasteiger partial charge on any atom is 0.0238 e. The first-order valence-electron chi connectivity index (χ1n) is 5.30. The van der Waals surface area contributed by atoms with E-state index in [1.54, 1.807) is 0 Å². The van der Waals surface area contributed by atoms with Crippen molar-refractivity contribution in [2.24, 2.45) is 5.41 Å². The van der Waals surface area contributed by atoms with E-state index in [2.05, 4.69) is 46.0 Å². The van der Waals surface area contributed by atoms with Gasteiger partial charge in [-0.05, 0) is 25.7 Å². The molecule has 1 nitrogen and oxygen atoms in total. The Bertz CT molecular complexity index is 175. The highest BCUT2D eigenvalue weighted by atomic mass is 35.5. The van der Waals surface area contributed by atoms with Crippen LogP contribution in [0.25, 0.3) is 0 Å². The molecule has 0 bridgehead atoms. The molecule has 0 spiro atoms. The third-order valence-corrected chi connectivity index (χ3v) is 2.54. The van der Waals surface area contributed by atoms with E-state index in [0.29, 0.717) is 6.04 Å². The predicted molar refractivity (Wildman–Crippen MR) is 66.0 cm³/mol. The summed E-state index contributed by atoms with van der Waals surface area (Å²) >= 11 is 5.79. The zero-order valence-corrected chi connectivity index (χ0v) is 10.9. The van der Waals surface area contributed by atoms with Gasteiger partial charge in [-0.1, -0.05) is 32.4 Å². The zero-order chi connectivity index (χ0) is 11.2. The van der Waals surface area contributed by atoms with Gasteiger partial charge < -0.3 is 5.32 Å². The molecular weight excluding hydrogens is 194 g/mol. The fourth-order valence-electron chi connectivity index (χ4n) is 1.36. The molecule has 0 radical (unpaired) electrons. The van der Waals surface area contributed by atoms with Crippen LogP contribution in [0, 0.1) is 5.41 Å². The average Bonchev–Trinajstić information content (AvgIpc) is 2.00. The van der Waals surface area contributed by atoms with Gasteiger partial charge in [-0.15, -0.1) is 11.6 Å². The molecule has 0 aromatic carbocycles. The van der Waals surface area contributed by atoms with E-state index in [-0.39, 0.29) is 5.41 Å².